The van der Waals surface area contributed by atoms with Crippen LogP contribution in [0, 0.1) is 0 Å². The van der Waals surface area contributed by atoms with Crippen LogP contribution in [0.25, 0.3) is 16.9 Å². The second kappa shape index (κ2) is 11.8. The summed E-state index contributed by atoms with van der Waals surface area (Å²) in [6.07, 6.45) is 2.73. The number of nitrogens with one attached hydrogen (secondary N) is 1. The van der Waals surface area contributed by atoms with Gasteiger partial charge in [0.2, 0.25) is 0 Å². The van der Waals surface area contributed by atoms with Gasteiger partial charge in [-0.1, -0.05) is 60.1 Å². The average molecular weight is 577 g/mol. The van der Waals surface area contributed by atoms with Crippen molar-refractivity contribution in [3.63, 3.8) is 0 Å². The molecule has 5 rings (SSSR count). The molecule has 6 nitrogen and oxygen atoms in total. The maximum Gasteiger partial charge on any atom is 0.172 e. The molecule has 0 saturated heterocycles. The van der Waals surface area contributed by atoms with Gasteiger partial charge >= 0.3 is 0 Å². The van der Waals surface area contributed by atoms with Gasteiger partial charge in [0, 0.05) is 29.7 Å². The second-order valence-corrected chi connectivity index (χ2v) is 10.1. The van der Waals surface area contributed by atoms with Gasteiger partial charge in [-0.2, -0.15) is 9.61 Å². The smallest absolute Gasteiger partial charge is 0.172 e. The van der Waals surface area contributed by atoms with Gasteiger partial charge in [0.05, 0.1) is 16.4 Å². The number of nitrogens with zero attached hydrogens (tertiary/aromatic N) is 4. The molecule has 0 atom stereocenters. The van der Waals surface area contributed by atoms with Gasteiger partial charge in [0.15, 0.2) is 5.65 Å². The van der Waals surface area contributed by atoms with Crippen molar-refractivity contribution in [2.45, 2.75) is 13.0 Å². The first-order valence-corrected chi connectivity index (χ1v) is 13.3. The van der Waals surface area contributed by atoms with Crippen LogP contribution in [-0.2, 0) is 6.54 Å². The molecule has 2 aromatic heterocycles. The molecule has 0 bridgehead atoms. The molecular formula is C29H27BrClN5O. The second-order valence-electron chi connectivity index (χ2n) is 8.81. The molecule has 0 aliphatic carbocycles. The lowest BCUT2D eigenvalue weighted by Crippen LogP contribution is -2.21. The number of anilines is 1. The number of hydrogen-bond acceptors (Lipinski definition) is 5. The van der Waals surface area contributed by atoms with Crippen molar-refractivity contribution in [2.24, 2.45) is 0 Å². The van der Waals surface area contributed by atoms with E-state index < -0.39 is 0 Å². The molecule has 0 spiro atoms. The third kappa shape index (κ3) is 6.31. The number of ether oxygens (including phenoxy) is 1. The van der Waals surface area contributed by atoms with Crippen molar-refractivity contribution in [3.05, 3.63) is 106 Å². The summed E-state index contributed by atoms with van der Waals surface area (Å²) in [5.74, 6) is 2.56. The van der Waals surface area contributed by atoms with E-state index in [9.17, 15) is 0 Å². The Morgan fingerprint density at radius 1 is 0.973 bits per heavy atom. The zero-order chi connectivity index (χ0) is 25.6. The first kappa shape index (κ1) is 25.3. The maximum atomic E-state index is 6.44. The Morgan fingerprint density at radius 2 is 1.70 bits per heavy atom. The average Bonchev–Trinajstić information content (AvgIpc) is 3.29. The number of benzene rings is 3. The van der Waals surface area contributed by atoms with Crippen LogP contribution in [-0.4, -0.2) is 39.6 Å². The molecule has 0 saturated carbocycles. The van der Waals surface area contributed by atoms with Crippen LogP contribution < -0.4 is 10.1 Å². The van der Waals surface area contributed by atoms with Gasteiger partial charge in [-0.05, 0) is 71.8 Å². The molecule has 188 valence electrons. The Morgan fingerprint density at radius 3 is 2.49 bits per heavy atom. The van der Waals surface area contributed by atoms with Crippen LogP contribution in [0.3, 0.4) is 0 Å². The quantitative estimate of drug-likeness (QED) is 0.174. The lowest BCUT2D eigenvalue weighted by atomic mass is 10.1. The topological polar surface area (TPSA) is 54.7 Å². The van der Waals surface area contributed by atoms with E-state index in [1.54, 1.807) is 6.20 Å². The molecule has 0 unspecified atom stereocenters. The van der Waals surface area contributed by atoms with Crippen LogP contribution in [0.1, 0.15) is 12.0 Å². The monoisotopic (exact) mass is 575 g/mol. The largest absolute Gasteiger partial charge is 0.457 e. The molecular weight excluding hydrogens is 550 g/mol. The fraction of sp³-hybridized carbons (Fsp3) is 0.172. The molecule has 0 fully saturated rings. The van der Waals surface area contributed by atoms with E-state index in [1.165, 1.54) is 5.56 Å². The Hall–Kier alpha value is -3.39. The molecule has 0 aliphatic rings. The van der Waals surface area contributed by atoms with Crippen LogP contribution in [0.5, 0.6) is 11.5 Å². The molecule has 1 N–H and O–H groups in total. The van der Waals surface area contributed by atoms with Crippen LogP contribution in [0.2, 0.25) is 5.02 Å². The van der Waals surface area contributed by atoms with Crippen molar-refractivity contribution in [1.82, 2.24) is 19.5 Å². The highest BCUT2D eigenvalue weighted by atomic mass is 79.9. The van der Waals surface area contributed by atoms with Crippen molar-refractivity contribution in [3.8, 4) is 22.8 Å². The van der Waals surface area contributed by atoms with Crippen molar-refractivity contribution in [1.29, 1.82) is 0 Å². The Kier molecular flexibility index (Phi) is 8.04. The van der Waals surface area contributed by atoms with Crippen molar-refractivity contribution >= 4 is 39.0 Å². The van der Waals surface area contributed by atoms with E-state index in [2.05, 4.69) is 50.4 Å². The summed E-state index contributed by atoms with van der Waals surface area (Å²) >= 11 is 10.0. The third-order valence-electron chi connectivity index (χ3n) is 5.96. The molecule has 37 heavy (non-hydrogen) atoms. The summed E-state index contributed by atoms with van der Waals surface area (Å²) in [6.45, 7) is 2.62. The standard InChI is InChI=1S/C29H27BrClN5O/c1-35(20-21-12-14-23(15-13-21)37-22-8-3-2-4-9-22)17-7-16-32-28-18-27(24-10-5-6-11-26(24)31)34-29-25(30)19-33-36(28)29/h2-6,8-15,18-19,32H,7,16-17,20H2,1H3. The summed E-state index contributed by atoms with van der Waals surface area (Å²) in [5, 5.41) is 8.67. The molecule has 0 radical (unpaired) electrons. The van der Waals surface area contributed by atoms with E-state index in [0.29, 0.717) is 5.02 Å². The van der Waals surface area contributed by atoms with Crippen molar-refractivity contribution in [2.75, 3.05) is 25.5 Å². The van der Waals surface area contributed by atoms with E-state index in [1.807, 2.05) is 77.3 Å². The van der Waals surface area contributed by atoms with Gasteiger partial charge in [0.25, 0.3) is 0 Å². The highest BCUT2D eigenvalue weighted by Crippen LogP contribution is 2.30. The zero-order valence-electron chi connectivity index (χ0n) is 20.4. The Bertz CT molecular complexity index is 1470. The van der Waals surface area contributed by atoms with Gasteiger partial charge in [-0.15, -0.1) is 0 Å². The lowest BCUT2D eigenvalue weighted by molar-refractivity contribution is 0.325. The number of hydrogen-bond donors (Lipinski definition) is 1. The summed E-state index contributed by atoms with van der Waals surface area (Å²) in [7, 11) is 2.14. The summed E-state index contributed by atoms with van der Waals surface area (Å²) < 4.78 is 8.54. The normalized spacial score (nSPS) is 11.2. The maximum absolute atomic E-state index is 6.44. The Balaban J connectivity index is 1.17. The van der Waals surface area contributed by atoms with Crippen LogP contribution in [0.15, 0.2) is 95.6 Å². The van der Waals surface area contributed by atoms with Gasteiger partial charge < -0.3 is 15.0 Å². The first-order valence-electron chi connectivity index (χ1n) is 12.1. The molecule has 0 aliphatic heterocycles. The predicted molar refractivity (Wildman–Crippen MR) is 154 cm³/mol. The SMILES string of the molecule is CN(CCCNc1cc(-c2ccccc2Cl)nc2c(Br)cnn12)Cc1ccc(Oc2ccccc2)cc1. The molecule has 0 amide bonds. The summed E-state index contributed by atoms with van der Waals surface area (Å²) in [5.41, 5.74) is 3.69. The van der Waals surface area contributed by atoms with Crippen LogP contribution in [0.4, 0.5) is 5.82 Å². The minimum absolute atomic E-state index is 0.669. The fourth-order valence-electron chi connectivity index (χ4n) is 4.11. The zero-order valence-corrected chi connectivity index (χ0v) is 22.8. The van der Waals surface area contributed by atoms with E-state index in [0.717, 1.165) is 64.7 Å². The molecule has 3 aromatic carbocycles. The minimum atomic E-state index is 0.669. The van der Waals surface area contributed by atoms with E-state index >= 15 is 0 Å². The molecule has 2 heterocycles. The Labute approximate surface area is 230 Å². The number of fused-ring (bicyclic) bond motifs is 1. The first-order chi connectivity index (χ1) is 18.1. The lowest BCUT2D eigenvalue weighted by Gasteiger charge is -2.18. The van der Waals surface area contributed by atoms with Crippen molar-refractivity contribution < 1.29 is 4.74 Å². The number of para-hydroxylation sites is 1. The molecule has 5 aromatic rings. The van der Waals surface area contributed by atoms with Gasteiger partial charge in [-0.3, -0.25) is 0 Å². The van der Waals surface area contributed by atoms with E-state index in [4.69, 9.17) is 21.3 Å². The number of halogens is 2. The number of rotatable bonds is 10. The highest BCUT2D eigenvalue weighted by Gasteiger charge is 2.13. The summed E-state index contributed by atoms with van der Waals surface area (Å²) in [4.78, 5) is 7.09. The van der Waals surface area contributed by atoms with Gasteiger partial charge in [0.1, 0.15) is 17.3 Å². The minimum Gasteiger partial charge on any atom is -0.457 e. The summed E-state index contributed by atoms with van der Waals surface area (Å²) in [6, 6.07) is 27.8. The van der Waals surface area contributed by atoms with E-state index in [-0.39, 0.29) is 0 Å². The van der Waals surface area contributed by atoms with Crippen LogP contribution >= 0.6 is 27.5 Å². The molecule has 8 heteroatoms. The predicted octanol–water partition coefficient (Wildman–Crippen LogP) is 7.54. The third-order valence-corrected chi connectivity index (χ3v) is 6.85. The fourth-order valence-corrected chi connectivity index (χ4v) is 4.69. The van der Waals surface area contributed by atoms with Gasteiger partial charge in [-0.25, -0.2) is 4.98 Å². The highest BCUT2D eigenvalue weighted by molar-refractivity contribution is 9.10. The number of aromatic nitrogens is 3.